The van der Waals surface area contributed by atoms with Crippen molar-refractivity contribution in [3.05, 3.63) is 42.2 Å². The van der Waals surface area contributed by atoms with Gasteiger partial charge in [0.25, 0.3) is 0 Å². The Balaban J connectivity index is 1.75. The number of allylic oxidation sites excluding steroid dienone is 1. The van der Waals surface area contributed by atoms with Gasteiger partial charge in [-0.1, -0.05) is 12.1 Å². The van der Waals surface area contributed by atoms with E-state index in [4.69, 9.17) is 9.47 Å². The summed E-state index contributed by atoms with van der Waals surface area (Å²) in [6.45, 7) is 4.45. The van der Waals surface area contributed by atoms with Crippen molar-refractivity contribution in [2.45, 2.75) is 32.4 Å². The molecule has 18 heavy (non-hydrogen) atoms. The van der Waals surface area contributed by atoms with Crippen LogP contribution in [0.4, 0.5) is 0 Å². The summed E-state index contributed by atoms with van der Waals surface area (Å²) in [4.78, 5) is 0. The molecule has 0 aromatic heterocycles. The van der Waals surface area contributed by atoms with Crippen molar-refractivity contribution in [1.82, 2.24) is 5.32 Å². The molecule has 0 fully saturated rings. The van der Waals surface area contributed by atoms with Gasteiger partial charge >= 0.3 is 0 Å². The van der Waals surface area contributed by atoms with Crippen molar-refractivity contribution in [3.63, 3.8) is 0 Å². The van der Waals surface area contributed by atoms with Gasteiger partial charge in [0, 0.05) is 13.1 Å². The highest BCUT2D eigenvalue weighted by atomic mass is 16.5. The first kappa shape index (κ1) is 13.0. The monoisotopic (exact) mass is 247 g/mol. The minimum atomic E-state index is 0.310. The van der Waals surface area contributed by atoms with Gasteiger partial charge in [0.1, 0.15) is 11.9 Å². The summed E-state index contributed by atoms with van der Waals surface area (Å²) < 4.78 is 11.0. The smallest absolute Gasteiger partial charge is 0.119 e. The SMILES string of the molecule is CCOc1cccc(CNCC2CCC=CO2)c1. The van der Waals surface area contributed by atoms with Crippen molar-refractivity contribution in [2.24, 2.45) is 0 Å². The zero-order chi connectivity index (χ0) is 12.6. The Morgan fingerprint density at radius 3 is 3.17 bits per heavy atom. The molecule has 1 heterocycles. The molecule has 0 saturated heterocycles. The molecule has 0 amide bonds. The molecule has 98 valence electrons. The third-order valence-electron chi connectivity index (χ3n) is 2.93. The van der Waals surface area contributed by atoms with Crippen LogP contribution in [0.5, 0.6) is 5.75 Å². The first-order valence-electron chi connectivity index (χ1n) is 6.61. The Hall–Kier alpha value is -1.48. The second-order valence-electron chi connectivity index (χ2n) is 4.42. The third-order valence-corrected chi connectivity index (χ3v) is 2.93. The summed E-state index contributed by atoms with van der Waals surface area (Å²) >= 11 is 0. The van der Waals surface area contributed by atoms with E-state index in [1.165, 1.54) is 5.56 Å². The molecule has 1 aliphatic heterocycles. The largest absolute Gasteiger partial charge is 0.497 e. The maximum atomic E-state index is 5.51. The van der Waals surface area contributed by atoms with Crippen LogP contribution in [0.3, 0.4) is 0 Å². The topological polar surface area (TPSA) is 30.5 Å². The quantitative estimate of drug-likeness (QED) is 0.838. The second kappa shape index (κ2) is 7.07. The Kier molecular flexibility index (Phi) is 5.09. The molecule has 1 N–H and O–H groups in total. The summed E-state index contributed by atoms with van der Waals surface area (Å²) in [5.41, 5.74) is 1.24. The molecule has 3 nitrogen and oxygen atoms in total. The molecule has 1 unspecified atom stereocenters. The van der Waals surface area contributed by atoms with E-state index in [1.54, 1.807) is 0 Å². The number of benzene rings is 1. The predicted octanol–water partition coefficient (Wildman–Crippen LogP) is 2.87. The Morgan fingerprint density at radius 2 is 2.39 bits per heavy atom. The fraction of sp³-hybridized carbons (Fsp3) is 0.467. The zero-order valence-electron chi connectivity index (χ0n) is 10.9. The maximum absolute atomic E-state index is 5.51. The minimum absolute atomic E-state index is 0.310. The summed E-state index contributed by atoms with van der Waals surface area (Å²) in [6.07, 6.45) is 6.41. The Labute approximate surface area is 109 Å². The van der Waals surface area contributed by atoms with Crippen molar-refractivity contribution in [3.8, 4) is 5.75 Å². The Bertz CT molecular complexity index is 390. The van der Waals surface area contributed by atoms with Crippen LogP contribution >= 0.6 is 0 Å². The summed E-state index contributed by atoms with van der Waals surface area (Å²) in [5.74, 6) is 0.939. The standard InChI is InChI=1S/C15H21NO2/c1-2-17-14-8-5-6-13(10-14)11-16-12-15-7-3-4-9-18-15/h4-6,8-10,15-16H,2-3,7,11-12H2,1H3. The summed E-state index contributed by atoms with van der Waals surface area (Å²) in [7, 11) is 0. The van der Waals surface area contributed by atoms with Crippen LogP contribution in [-0.2, 0) is 11.3 Å². The van der Waals surface area contributed by atoms with Crippen LogP contribution in [0, 0.1) is 0 Å². The molecular weight excluding hydrogens is 226 g/mol. The van der Waals surface area contributed by atoms with Gasteiger partial charge in [0.2, 0.25) is 0 Å². The molecule has 0 radical (unpaired) electrons. The molecule has 1 aliphatic rings. The Morgan fingerprint density at radius 1 is 1.44 bits per heavy atom. The normalized spacial score (nSPS) is 18.4. The van der Waals surface area contributed by atoms with E-state index in [0.29, 0.717) is 12.7 Å². The van der Waals surface area contributed by atoms with Crippen molar-refractivity contribution < 1.29 is 9.47 Å². The lowest BCUT2D eigenvalue weighted by molar-refractivity contribution is 0.122. The highest BCUT2D eigenvalue weighted by Crippen LogP contribution is 2.13. The highest BCUT2D eigenvalue weighted by molar-refractivity contribution is 5.28. The zero-order valence-corrected chi connectivity index (χ0v) is 10.9. The molecule has 3 heteroatoms. The van der Waals surface area contributed by atoms with Gasteiger partial charge in [-0.25, -0.2) is 0 Å². The molecule has 2 rings (SSSR count). The van der Waals surface area contributed by atoms with Crippen molar-refractivity contribution in [1.29, 1.82) is 0 Å². The number of hydrogen-bond acceptors (Lipinski definition) is 3. The minimum Gasteiger partial charge on any atom is -0.497 e. The van der Waals surface area contributed by atoms with E-state index in [1.807, 2.05) is 25.3 Å². The fourth-order valence-corrected chi connectivity index (χ4v) is 2.02. The van der Waals surface area contributed by atoms with Gasteiger partial charge in [0.05, 0.1) is 12.9 Å². The van der Waals surface area contributed by atoms with Gasteiger partial charge in [-0.3, -0.25) is 0 Å². The second-order valence-corrected chi connectivity index (χ2v) is 4.42. The number of rotatable bonds is 6. The molecule has 0 saturated carbocycles. The maximum Gasteiger partial charge on any atom is 0.119 e. The van der Waals surface area contributed by atoms with Crippen molar-refractivity contribution in [2.75, 3.05) is 13.2 Å². The van der Waals surface area contributed by atoms with Gasteiger partial charge in [-0.15, -0.1) is 0 Å². The van der Waals surface area contributed by atoms with E-state index in [9.17, 15) is 0 Å². The van der Waals surface area contributed by atoms with E-state index < -0.39 is 0 Å². The van der Waals surface area contributed by atoms with Gasteiger partial charge < -0.3 is 14.8 Å². The predicted molar refractivity (Wildman–Crippen MR) is 72.6 cm³/mol. The fourth-order valence-electron chi connectivity index (χ4n) is 2.02. The number of nitrogens with one attached hydrogen (secondary N) is 1. The molecule has 1 atom stereocenters. The van der Waals surface area contributed by atoms with Gasteiger partial charge in [-0.2, -0.15) is 0 Å². The van der Waals surface area contributed by atoms with Crippen molar-refractivity contribution >= 4 is 0 Å². The van der Waals surface area contributed by atoms with Crippen LogP contribution in [0.1, 0.15) is 25.3 Å². The van der Waals surface area contributed by atoms with Crippen LogP contribution in [0.15, 0.2) is 36.6 Å². The first-order chi connectivity index (χ1) is 8.88. The lowest BCUT2D eigenvalue weighted by Crippen LogP contribution is -2.28. The van der Waals surface area contributed by atoms with Crippen LogP contribution in [-0.4, -0.2) is 19.3 Å². The van der Waals surface area contributed by atoms with Gasteiger partial charge in [0.15, 0.2) is 0 Å². The van der Waals surface area contributed by atoms with Crippen LogP contribution < -0.4 is 10.1 Å². The molecule has 1 aromatic carbocycles. The third kappa shape index (κ3) is 4.08. The molecule has 0 aliphatic carbocycles. The van der Waals surface area contributed by atoms with E-state index in [0.717, 1.165) is 31.7 Å². The first-order valence-corrected chi connectivity index (χ1v) is 6.61. The lowest BCUT2D eigenvalue weighted by atomic mass is 10.1. The molecule has 1 aromatic rings. The van der Waals surface area contributed by atoms with E-state index >= 15 is 0 Å². The lowest BCUT2D eigenvalue weighted by Gasteiger charge is -2.19. The molecule has 0 bridgehead atoms. The highest BCUT2D eigenvalue weighted by Gasteiger charge is 2.09. The molecule has 0 spiro atoms. The van der Waals surface area contributed by atoms with Crippen LogP contribution in [0.2, 0.25) is 0 Å². The van der Waals surface area contributed by atoms with Gasteiger partial charge in [-0.05, 0) is 43.5 Å². The van der Waals surface area contributed by atoms with Crippen LogP contribution in [0.25, 0.3) is 0 Å². The average Bonchev–Trinajstić information content (AvgIpc) is 2.41. The van der Waals surface area contributed by atoms with E-state index in [2.05, 4.69) is 23.5 Å². The number of hydrogen-bond donors (Lipinski definition) is 1. The number of ether oxygens (including phenoxy) is 2. The average molecular weight is 247 g/mol. The summed E-state index contributed by atoms with van der Waals surface area (Å²) in [5, 5.41) is 3.43. The van der Waals surface area contributed by atoms with E-state index in [-0.39, 0.29) is 0 Å². The summed E-state index contributed by atoms with van der Waals surface area (Å²) in [6, 6.07) is 8.21. The molecular formula is C15H21NO2.